The largest absolute Gasteiger partial charge is 0.481 e. The van der Waals surface area contributed by atoms with Gasteiger partial charge in [-0.25, -0.2) is 4.79 Å². The molecule has 0 aliphatic rings. The number of nitrogens with one attached hydrogen (secondary N) is 2. The Morgan fingerprint density at radius 1 is 1.40 bits per heavy atom. The van der Waals surface area contributed by atoms with E-state index in [1.165, 1.54) is 0 Å². The minimum absolute atomic E-state index is 0.283. The van der Waals surface area contributed by atoms with E-state index in [1.807, 2.05) is 25.1 Å². The van der Waals surface area contributed by atoms with Crippen LogP contribution in [-0.4, -0.2) is 23.7 Å². The smallest absolute Gasteiger partial charge is 0.319 e. The number of benzene rings is 1. The van der Waals surface area contributed by atoms with Crippen molar-refractivity contribution in [2.45, 2.75) is 26.7 Å². The van der Waals surface area contributed by atoms with Crippen molar-refractivity contribution in [2.75, 3.05) is 11.9 Å². The third-order valence-corrected chi connectivity index (χ3v) is 3.46. The molecule has 1 aromatic carbocycles. The highest BCUT2D eigenvalue weighted by atomic mass is 79.9. The molecule has 0 bridgehead atoms. The third kappa shape index (κ3) is 5.61. The Hall–Kier alpha value is -1.56. The minimum atomic E-state index is -0.806. The number of anilines is 1. The molecule has 110 valence electrons. The van der Waals surface area contributed by atoms with Crippen LogP contribution in [-0.2, 0) is 4.79 Å². The number of hydrogen-bond acceptors (Lipinski definition) is 2. The van der Waals surface area contributed by atoms with Gasteiger partial charge in [0.1, 0.15) is 0 Å². The molecule has 0 fully saturated rings. The number of amides is 2. The number of aryl methyl sites for hydroxylation is 1. The van der Waals surface area contributed by atoms with E-state index in [0.29, 0.717) is 19.4 Å². The van der Waals surface area contributed by atoms with Crippen LogP contribution in [0.3, 0.4) is 0 Å². The molecule has 3 N–H and O–H groups in total. The van der Waals surface area contributed by atoms with Crippen molar-refractivity contribution in [1.82, 2.24) is 5.32 Å². The molecule has 0 saturated carbocycles. The van der Waals surface area contributed by atoms with Crippen LogP contribution in [0.25, 0.3) is 0 Å². The monoisotopic (exact) mass is 342 g/mol. The van der Waals surface area contributed by atoms with Gasteiger partial charge in [0.05, 0.1) is 5.92 Å². The number of halogens is 1. The summed E-state index contributed by atoms with van der Waals surface area (Å²) in [4.78, 5) is 22.3. The molecule has 0 radical (unpaired) electrons. The summed E-state index contributed by atoms with van der Waals surface area (Å²) in [5.41, 5.74) is 1.72. The van der Waals surface area contributed by atoms with E-state index < -0.39 is 5.97 Å². The van der Waals surface area contributed by atoms with Crippen LogP contribution in [0.5, 0.6) is 0 Å². The molecule has 1 atom stereocenters. The predicted molar refractivity (Wildman–Crippen MR) is 81.9 cm³/mol. The topological polar surface area (TPSA) is 78.4 Å². The van der Waals surface area contributed by atoms with Crippen LogP contribution < -0.4 is 10.6 Å². The van der Waals surface area contributed by atoms with Crippen LogP contribution in [0.15, 0.2) is 22.7 Å². The van der Waals surface area contributed by atoms with E-state index in [4.69, 9.17) is 5.11 Å². The predicted octanol–water partition coefficient (Wildman–Crippen LogP) is 3.38. The highest BCUT2D eigenvalue weighted by Gasteiger charge is 2.10. The Morgan fingerprint density at radius 3 is 2.75 bits per heavy atom. The van der Waals surface area contributed by atoms with Crippen LogP contribution in [0.4, 0.5) is 10.5 Å². The van der Waals surface area contributed by atoms with Gasteiger partial charge >= 0.3 is 12.0 Å². The number of rotatable bonds is 6. The lowest BCUT2D eigenvalue weighted by molar-refractivity contribution is -0.141. The quantitative estimate of drug-likeness (QED) is 0.693. The lowest BCUT2D eigenvalue weighted by atomic mass is 10.1. The molecule has 1 aromatic rings. The molecule has 0 heterocycles. The van der Waals surface area contributed by atoms with Crippen molar-refractivity contribution in [3.8, 4) is 0 Å². The normalized spacial score (nSPS) is 11.8. The van der Waals surface area contributed by atoms with E-state index in [0.717, 1.165) is 15.7 Å². The van der Waals surface area contributed by atoms with Crippen molar-refractivity contribution in [3.05, 3.63) is 28.2 Å². The zero-order valence-electron chi connectivity index (χ0n) is 11.6. The summed E-state index contributed by atoms with van der Waals surface area (Å²) in [6, 6.07) is 5.37. The first-order valence-corrected chi connectivity index (χ1v) is 7.23. The van der Waals surface area contributed by atoms with Gasteiger partial charge in [0, 0.05) is 16.7 Å². The molecule has 1 rings (SSSR count). The summed E-state index contributed by atoms with van der Waals surface area (Å²) < 4.78 is 0.897. The van der Waals surface area contributed by atoms with Gasteiger partial charge in [0.25, 0.3) is 0 Å². The molecule has 0 saturated heterocycles. The molecule has 5 nitrogen and oxygen atoms in total. The van der Waals surface area contributed by atoms with Crippen molar-refractivity contribution in [1.29, 1.82) is 0 Å². The zero-order valence-corrected chi connectivity index (χ0v) is 13.2. The Morgan fingerprint density at radius 2 is 2.10 bits per heavy atom. The maximum atomic E-state index is 11.7. The number of aliphatic carboxylic acids is 1. The van der Waals surface area contributed by atoms with Crippen LogP contribution in [0, 0.1) is 12.8 Å². The first kappa shape index (κ1) is 16.5. The molecule has 0 aliphatic carbocycles. The Balaban J connectivity index is 2.34. The zero-order chi connectivity index (χ0) is 15.1. The van der Waals surface area contributed by atoms with E-state index in [9.17, 15) is 9.59 Å². The molecular weight excluding hydrogens is 324 g/mol. The SMILES string of the molecule is Cc1ccc(Br)cc1NC(=O)NCCCC(C)C(=O)O. The summed E-state index contributed by atoms with van der Waals surface area (Å²) in [6.45, 7) is 4.03. The summed E-state index contributed by atoms with van der Waals surface area (Å²) in [5.74, 6) is -1.19. The van der Waals surface area contributed by atoms with Gasteiger partial charge in [-0.3, -0.25) is 4.79 Å². The van der Waals surface area contributed by atoms with E-state index in [2.05, 4.69) is 26.6 Å². The van der Waals surface area contributed by atoms with Crippen molar-refractivity contribution >= 4 is 33.6 Å². The van der Waals surface area contributed by atoms with Gasteiger partial charge in [0.2, 0.25) is 0 Å². The van der Waals surface area contributed by atoms with Gasteiger partial charge in [-0.05, 0) is 37.5 Å². The molecular formula is C14H19BrN2O3. The molecule has 6 heteroatoms. The molecule has 2 amide bonds. The maximum Gasteiger partial charge on any atom is 0.319 e. The van der Waals surface area contributed by atoms with Gasteiger partial charge in [0.15, 0.2) is 0 Å². The van der Waals surface area contributed by atoms with Crippen LogP contribution >= 0.6 is 15.9 Å². The highest BCUT2D eigenvalue weighted by molar-refractivity contribution is 9.10. The summed E-state index contributed by atoms with van der Waals surface area (Å²) >= 11 is 3.35. The van der Waals surface area contributed by atoms with Gasteiger partial charge in [-0.1, -0.05) is 28.9 Å². The van der Waals surface area contributed by atoms with Gasteiger partial charge < -0.3 is 15.7 Å². The Labute approximate surface area is 126 Å². The number of carboxylic acids is 1. The van der Waals surface area contributed by atoms with E-state index in [-0.39, 0.29) is 11.9 Å². The number of carbonyl (C=O) groups excluding carboxylic acids is 1. The molecule has 0 spiro atoms. The lowest BCUT2D eigenvalue weighted by Crippen LogP contribution is -2.30. The first-order chi connectivity index (χ1) is 9.40. The van der Waals surface area contributed by atoms with Crippen molar-refractivity contribution < 1.29 is 14.7 Å². The maximum absolute atomic E-state index is 11.7. The average Bonchev–Trinajstić information content (AvgIpc) is 2.38. The second-order valence-electron chi connectivity index (χ2n) is 4.72. The molecule has 20 heavy (non-hydrogen) atoms. The van der Waals surface area contributed by atoms with Gasteiger partial charge in [-0.2, -0.15) is 0 Å². The second-order valence-corrected chi connectivity index (χ2v) is 5.64. The van der Waals surface area contributed by atoms with Crippen molar-refractivity contribution in [2.24, 2.45) is 5.92 Å². The number of carboxylic acid groups (broad SMARTS) is 1. The fourth-order valence-electron chi connectivity index (χ4n) is 1.63. The van der Waals surface area contributed by atoms with E-state index >= 15 is 0 Å². The third-order valence-electron chi connectivity index (χ3n) is 2.97. The molecule has 1 unspecified atom stereocenters. The van der Waals surface area contributed by atoms with Gasteiger partial charge in [-0.15, -0.1) is 0 Å². The second kappa shape index (κ2) is 7.89. The van der Waals surface area contributed by atoms with Crippen LogP contribution in [0.1, 0.15) is 25.3 Å². The van der Waals surface area contributed by atoms with E-state index in [1.54, 1.807) is 6.92 Å². The summed E-state index contributed by atoms with van der Waals surface area (Å²) in [7, 11) is 0. The Bertz CT molecular complexity index is 491. The first-order valence-electron chi connectivity index (χ1n) is 6.44. The van der Waals surface area contributed by atoms with Crippen molar-refractivity contribution in [3.63, 3.8) is 0 Å². The lowest BCUT2D eigenvalue weighted by Gasteiger charge is -2.11. The summed E-state index contributed by atoms with van der Waals surface area (Å²) in [5, 5.41) is 14.2. The number of urea groups is 1. The fourth-order valence-corrected chi connectivity index (χ4v) is 1.99. The standard InChI is InChI=1S/C14H19BrN2O3/c1-9-5-6-11(15)8-12(9)17-14(20)16-7-3-4-10(2)13(18)19/h5-6,8,10H,3-4,7H2,1-2H3,(H,18,19)(H2,16,17,20). The highest BCUT2D eigenvalue weighted by Crippen LogP contribution is 2.20. The number of hydrogen-bond donors (Lipinski definition) is 3. The fraction of sp³-hybridized carbons (Fsp3) is 0.429. The molecule has 0 aliphatic heterocycles. The molecule has 0 aromatic heterocycles. The average molecular weight is 343 g/mol. The number of carbonyl (C=O) groups is 2. The minimum Gasteiger partial charge on any atom is -0.481 e. The van der Waals surface area contributed by atoms with Crippen LogP contribution in [0.2, 0.25) is 0 Å². The Kier molecular flexibility index (Phi) is 6.51. The summed E-state index contributed by atoms with van der Waals surface area (Å²) in [6.07, 6.45) is 1.18.